The molecule has 2 aromatic carbocycles. The Bertz CT molecular complexity index is 1560. The molecule has 0 radical (unpaired) electrons. The van der Waals surface area contributed by atoms with Crippen molar-refractivity contribution in [1.29, 1.82) is 0 Å². The third-order valence-corrected chi connectivity index (χ3v) is 5.71. The van der Waals surface area contributed by atoms with Crippen LogP contribution < -0.4 is 16.0 Å². The van der Waals surface area contributed by atoms with E-state index in [0.717, 1.165) is 4.57 Å². The van der Waals surface area contributed by atoms with Crippen molar-refractivity contribution < 1.29 is 14.6 Å². The van der Waals surface area contributed by atoms with E-state index in [1.165, 1.54) is 31.8 Å². The van der Waals surface area contributed by atoms with E-state index in [2.05, 4.69) is 4.98 Å². The number of benzene rings is 2. The molecule has 8 nitrogen and oxygen atoms in total. The van der Waals surface area contributed by atoms with E-state index in [4.69, 9.17) is 4.74 Å². The summed E-state index contributed by atoms with van der Waals surface area (Å²) in [5.41, 5.74) is 1.64. The maximum Gasteiger partial charge on any atom is 0.332 e. The lowest BCUT2D eigenvalue weighted by Crippen LogP contribution is -2.37. The number of rotatable bonds is 2. The average molecular weight is 415 g/mol. The fourth-order valence-corrected chi connectivity index (χ4v) is 4.16. The highest BCUT2D eigenvalue weighted by Gasteiger charge is 2.34. The fourth-order valence-electron chi connectivity index (χ4n) is 4.16. The van der Waals surface area contributed by atoms with Gasteiger partial charge in [-0.1, -0.05) is 30.3 Å². The number of methoxy groups -OCH3 is 1. The normalized spacial score (nSPS) is 12.2. The van der Waals surface area contributed by atoms with E-state index in [1.807, 2.05) is 0 Å². The van der Waals surface area contributed by atoms with E-state index in [9.17, 15) is 19.5 Å². The SMILES string of the molecule is COc1ccc(-c2c3c(nc4c2c(=O)n(C)c(=O)n4C)-c2ccccc2C3=O)cc1O. The van der Waals surface area contributed by atoms with Crippen LogP contribution in [0.1, 0.15) is 15.9 Å². The zero-order valence-electron chi connectivity index (χ0n) is 17.0. The van der Waals surface area contributed by atoms with Crippen LogP contribution in [0.4, 0.5) is 0 Å². The number of nitrogens with zero attached hydrogens (tertiary/aromatic N) is 3. The summed E-state index contributed by atoms with van der Waals surface area (Å²) in [6.07, 6.45) is 0. The molecule has 1 aliphatic rings. The van der Waals surface area contributed by atoms with E-state index < -0.39 is 11.2 Å². The van der Waals surface area contributed by atoms with Crippen LogP contribution in [-0.4, -0.2) is 32.1 Å². The molecule has 1 aliphatic carbocycles. The van der Waals surface area contributed by atoms with Gasteiger partial charge in [0.1, 0.15) is 0 Å². The lowest BCUT2D eigenvalue weighted by atomic mass is 9.94. The lowest BCUT2D eigenvalue weighted by Gasteiger charge is -2.15. The highest BCUT2D eigenvalue weighted by Crippen LogP contribution is 2.44. The second-order valence-electron chi connectivity index (χ2n) is 7.38. The van der Waals surface area contributed by atoms with Crippen LogP contribution >= 0.6 is 0 Å². The van der Waals surface area contributed by atoms with Gasteiger partial charge in [0.25, 0.3) is 5.56 Å². The Balaban J connectivity index is 2.04. The first-order chi connectivity index (χ1) is 14.8. The molecule has 0 saturated heterocycles. The van der Waals surface area contributed by atoms with Crippen LogP contribution in [0.15, 0.2) is 52.1 Å². The predicted octanol–water partition coefficient (Wildman–Crippen LogP) is 2.22. The number of phenols is 1. The Morgan fingerprint density at radius 1 is 0.935 bits per heavy atom. The van der Waals surface area contributed by atoms with E-state index in [-0.39, 0.29) is 33.9 Å². The number of phenolic OH excluding ortho intramolecular Hbond substituents is 1. The quantitative estimate of drug-likeness (QED) is 0.474. The van der Waals surface area contributed by atoms with Crippen molar-refractivity contribution >= 4 is 16.8 Å². The number of aryl methyl sites for hydroxylation is 1. The van der Waals surface area contributed by atoms with Crippen LogP contribution in [0.5, 0.6) is 11.5 Å². The van der Waals surface area contributed by atoms with Crippen molar-refractivity contribution in [3.63, 3.8) is 0 Å². The van der Waals surface area contributed by atoms with Gasteiger partial charge in [-0.15, -0.1) is 0 Å². The Hall–Kier alpha value is -4.20. The van der Waals surface area contributed by atoms with Crippen LogP contribution in [0.3, 0.4) is 0 Å². The molecule has 0 amide bonds. The van der Waals surface area contributed by atoms with E-state index in [0.29, 0.717) is 27.9 Å². The van der Waals surface area contributed by atoms with Gasteiger partial charge in [-0.3, -0.25) is 18.7 Å². The molecule has 5 rings (SSSR count). The highest BCUT2D eigenvalue weighted by atomic mass is 16.5. The van der Waals surface area contributed by atoms with E-state index in [1.54, 1.807) is 36.4 Å². The molecular weight excluding hydrogens is 398 g/mol. The molecule has 8 heteroatoms. The fraction of sp³-hybridized carbons (Fsp3) is 0.130. The summed E-state index contributed by atoms with van der Waals surface area (Å²) in [5.74, 6) is -0.141. The number of hydrogen-bond donors (Lipinski definition) is 1. The van der Waals surface area contributed by atoms with Crippen LogP contribution in [0.2, 0.25) is 0 Å². The number of ketones is 1. The maximum absolute atomic E-state index is 13.4. The van der Waals surface area contributed by atoms with Gasteiger partial charge < -0.3 is 9.84 Å². The number of hydrogen-bond acceptors (Lipinski definition) is 6. The summed E-state index contributed by atoms with van der Waals surface area (Å²) >= 11 is 0. The molecule has 0 saturated carbocycles. The molecule has 2 aromatic heterocycles. The molecule has 2 heterocycles. The van der Waals surface area contributed by atoms with Crippen LogP contribution in [0.25, 0.3) is 33.4 Å². The molecule has 31 heavy (non-hydrogen) atoms. The Morgan fingerprint density at radius 3 is 2.32 bits per heavy atom. The molecule has 0 fully saturated rings. The first kappa shape index (κ1) is 18.8. The van der Waals surface area contributed by atoms with Gasteiger partial charge in [0.2, 0.25) is 0 Å². The van der Waals surface area contributed by atoms with Crippen molar-refractivity contribution in [3.8, 4) is 33.9 Å². The van der Waals surface area contributed by atoms with Crippen LogP contribution in [0, 0.1) is 0 Å². The van der Waals surface area contributed by atoms with E-state index >= 15 is 0 Å². The summed E-state index contributed by atoms with van der Waals surface area (Å²) in [4.78, 5) is 43.7. The minimum absolute atomic E-state index is 0.133. The topological polar surface area (TPSA) is 103 Å². The number of aromatic hydroxyl groups is 1. The molecule has 4 aromatic rings. The van der Waals surface area contributed by atoms with Gasteiger partial charge in [-0.25, -0.2) is 9.78 Å². The van der Waals surface area contributed by atoms with Crippen molar-refractivity contribution in [2.24, 2.45) is 14.1 Å². The number of aromatic nitrogens is 3. The molecule has 0 bridgehead atoms. The number of ether oxygens (including phenoxy) is 1. The largest absolute Gasteiger partial charge is 0.504 e. The Kier molecular flexibility index (Phi) is 3.88. The lowest BCUT2D eigenvalue weighted by molar-refractivity contribution is 0.104. The summed E-state index contributed by atoms with van der Waals surface area (Å²) in [5, 5.41) is 10.5. The second kappa shape index (κ2) is 6.40. The van der Waals surface area contributed by atoms with Gasteiger partial charge in [0.15, 0.2) is 22.9 Å². The molecular formula is C23H17N3O5. The zero-order valence-corrected chi connectivity index (χ0v) is 17.0. The van der Waals surface area contributed by atoms with Gasteiger partial charge >= 0.3 is 5.69 Å². The summed E-state index contributed by atoms with van der Waals surface area (Å²) < 4.78 is 7.39. The van der Waals surface area contributed by atoms with Crippen molar-refractivity contribution in [1.82, 2.24) is 14.1 Å². The van der Waals surface area contributed by atoms with Gasteiger partial charge in [-0.05, 0) is 17.7 Å². The molecule has 0 unspecified atom stereocenters. The molecule has 0 atom stereocenters. The first-order valence-corrected chi connectivity index (χ1v) is 9.50. The number of carbonyl (C=O) groups excluding carboxylic acids is 1. The monoisotopic (exact) mass is 415 g/mol. The second-order valence-corrected chi connectivity index (χ2v) is 7.38. The van der Waals surface area contributed by atoms with Gasteiger partial charge in [0, 0.05) is 30.8 Å². The van der Waals surface area contributed by atoms with Crippen LogP contribution in [-0.2, 0) is 14.1 Å². The van der Waals surface area contributed by atoms with Gasteiger partial charge in [0.05, 0.1) is 23.8 Å². The maximum atomic E-state index is 13.4. The Morgan fingerprint density at radius 2 is 1.65 bits per heavy atom. The van der Waals surface area contributed by atoms with Gasteiger partial charge in [-0.2, -0.15) is 0 Å². The summed E-state index contributed by atoms with van der Waals surface area (Å²) in [6.45, 7) is 0. The smallest absolute Gasteiger partial charge is 0.332 e. The Labute approximate surface area is 175 Å². The third kappa shape index (κ3) is 2.41. The summed E-state index contributed by atoms with van der Waals surface area (Å²) in [7, 11) is 4.34. The molecule has 1 N–H and O–H groups in total. The molecule has 0 aliphatic heterocycles. The zero-order chi connectivity index (χ0) is 22.0. The highest BCUT2D eigenvalue weighted by molar-refractivity contribution is 6.26. The predicted molar refractivity (Wildman–Crippen MR) is 115 cm³/mol. The molecule has 154 valence electrons. The summed E-state index contributed by atoms with van der Waals surface area (Å²) in [6, 6.07) is 11.7. The number of pyridine rings is 1. The number of fused-ring (bicyclic) bond motifs is 4. The first-order valence-electron chi connectivity index (χ1n) is 9.50. The molecule has 0 spiro atoms. The standard InChI is InChI=1S/C23H17N3O5/c1-25-21-18(22(29)26(2)23(25)30)16(11-8-9-15(31-3)14(27)10-11)17-19(24-21)12-6-4-5-7-13(12)20(17)28/h4-10,27H,1-3H3. The third-order valence-electron chi connectivity index (χ3n) is 5.71. The van der Waals surface area contributed by atoms with Crippen molar-refractivity contribution in [2.45, 2.75) is 0 Å². The van der Waals surface area contributed by atoms with Crippen molar-refractivity contribution in [2.75, 3.05) is 7.11 Å². The number of carbonyl (C=O) groups is 1. The minimum atomic E-state index is -0.567. The minimum Gasteiger partial charge on any atom is -0.504 e. The average Bonchev–Trinajstić information content (AvgIpc) is 3.07. The van der Waals surface area contributed by atoms with Crippen molar-refractivity contribution in [3.05, 3.63) is 74.4 Å².